The van der Waals surface area contributed by atoms with Crippen LogP contribution in [0.2, 0.25) is 0 Å². The zero-order valence-corrected chi connectivity index (χ0v) is 19.3. The number of rotatable bonds is 6. The van der Waals surface area contributed by atoms with Crippen LogP contribution in [0.5, 0.6) is 5.75 Å². The van der Waals surface area contributed by atoms with Crippen molar-refractivity contribution in [3.8, 4) is 17.0 Å². The summed E-state index contributed by atoms with van der Waals surface area (Å²) in [6, 6.07) is 11.4. The van der Waals surface area contributed by atoms with Gasteiger partial charge in [0, 0.05) is 24.6 Å². The van der Waals surface area contributed by atoms with E-state index in [0.29, 0.717) is 12.4 Å². The molecule has 8 nitrogen and oxygen atoms in total. The fourth-order valence-electron chi connectivity index (χ4n) is 4.33. The molecule has 4 N–H and O–H groups in total. The molecule has 1 fully saturated rings. The molecule has 0 saturated carbocycles. The van der Waals surface area contributed by atoms with E-state index in [1.165, 1.54) is 0 Å². The summed E-state index contributed by atoms with van der Waals surface area (Å²) < 4.78 is 7.43. The molecule has 0 bridgehead atoms. The number of ether oxygens (including phenoxy) is 1. The summed E-state index contributed by atoms with van der Waals surface area (Å²) in [4.78, 5) is 9.28. The number of benzene rings is 1. The molecular formula is C26H28N6O2. The van der Waals surface area contributed by atoms with Crippen LogP contribution in [0.3, 0.4) is 0 Å². The molecule has 1 aliphatic rings. The zero-order valence-electron chi connectivity index (χ0n) is 19.3. The van der Waals surface area contributed by atoms with Gasteiger partial charge in [-0.25, -0.2) is 9.51 Å². The second-order valence-corrected chi connectivity index (χ2v) is 8.53. The Hall–Kier alpha value is -3.91. The van der Waals surface area contributed by atoms with Gasteiger partial charge in [0.05, 0.1) is 47.0 Å². The van der Waals surface area contributed by atoms with Gasteiger partial charge in [-0.2, -0.15) is 5.10 Å². The Labute approximate surface area is 198 Å². The number of aromatic nitrogens is 3. The van der Waals surface area contributed by atoms with Crippen LogP contribution >= 0.6 is 0 Å². The minimum atomic E-state index is 0.174. The lowest BCUT2D eigenvalue weighted by molar-refractivity contribution is 0.195. The van der Waals surface area contributed by atoms with Crippen molar-refractivity contribution in [2.45, 2.75) is 32.7 Å². The highest BCUT2D eigenvalue weighted by Gasteiger charge is 2.21. The number of pyridine rings is 1. The van der Waals surface area contributed by atoms with Gasteiger partial charge in [0.15, 0.2) is 0 Å². The Kier molecular flexibility index (Phi) is 5.90. The molecule has 8 heteroatoms. The molecule has 0 amide bonds. The second kappa shape index (κ2) is 9.15. The van der Waals surface area contributed by atoms with Crippen molar-refractivity contribution in [1.82, 2.24) is 14.6 Å². The first-order valence-electron chi connectivity index (χ1n) is 11.5. The van der Waals surface area contributed by atoms with Gasteiger partial charge in [-0.1, -0.05) is 13.0 Å². The number of phenolic OH excluding ortho intramolecular Hbond substituents is 1. The summed E-state index contributed by atoms with van der Waals surface area (Å²) in [5, 5.41) is 18.1. The van der Waals surface area contributed by atoms with E-state index in [4.69, 9.17) is 15.5 Å². The molecule has 174 valence electrons. The first-order chi connectivity index (χ1) is 16.5. The number of fused-ring (bicyclic) bond motifs is 1. The number of phenols is 1. The molecule has 1 saturated heterocycles. The monoisotopic (exact) mass is 456 g/mol. The Morgan fingerprint density at radius 2 is 2.21 bits per heavy atom. The van der Waals surface area contributed by atoms with Gasteiger partial charge in [0.2, 0.25) is 0 Å². The second-order valence-electron chi connectivity index (χ2n) is 8.53. The van der Waals surface area contributed by atoms with E-state index in [9.17, 15) is 5.11 Å². The average Bonchev–Trinajstić information content (AvgIpc) is 3.50. The zero-order chi connectivity index (χ0) is 23.7. The van der Waals surface area contributed by atoms with Crippen LogP contribution in [0.1, 0.15) is 30.0 Å². The average molecular weight is 457 g/mol. The van der Waals surface area contributed by atoms with Crippen molar-refractivity contribution in [3.63, 3.8) is 0 Å². The third-order valence-electron chi connectivity index (χ3n) is 6.16. The highest BCUT2D eigenvalue weighted by atomic mass is 16.5. The molecule has 3 aromatic heterocycles. The van der Waals surface area contributed by atoms with Crippen LogP contribution in [-0.2, 0) is 11.2 Å². The lowest BCUT2D eigenvalue weighted by Crippen LogP contribution is -2.24. The van der Waals surface area contributed by atoms with Crippen molar-refractivity contribution >= 4 is 22.7 Å². The van der Waals surface area contributed by atoms with Crippen molar-refractivity contribution in [3.05, 3.63) is 71.7 Å². The standard InChI is InChI=1S/C26H28N6O2/c1-3-17-11-20(33)6-7-22(17)31-26(27)21-13-29-32-14-18(24-16(2)5-4-9-28-24)12-23(32)25(21)30-19-8-10-34-15-19/h4-7,9,11-14,19,30,33H,3,8,10,15H2,1-2H3,(H2,27,31). The normalized spacial score (nSPS) is 16.3. The number of hydrogen-bond acceptors (Lipinski definition) is 6. The summed E-state index contributed by atoms with van der Waals surface area (Å²) >= 11 is 0. The number of hydrogen-bond donors (Lipinski definition) is 3. The Bertz CT molecular complexity index is 1370. The van der Waals surface area contributed by atoms with E-state index in [2.05, 4.69) is 21.5 Å². The number of nitrogens with zero attached hydrogens (tertiary/aromatic N) is 4. The lowest BCUT2D eigenvalue weighted by Gasteiger charge is -2.17. The molecule has 1 unspecified atom stereocenters. The summed E-state index contributed by atoms with van der Waals surface area (Å²) in [5.74, 6) is 0.570. The summed E-state index contributed by atoms with van der Waals surface area (Å²) in [7, 11) is 0. The fourth-order valence-corrected chi connectivity index (χ4v) is 4.33. The molecule has 4 aromatic rings. The maximum atomic E-state index is 9.84. The van der Waals surface area contributed by atoms with Crippen LogP contribution in [0.4, 0.5) is 11.4 Å². The smallest absolute Gasteiger partial charge is 0.135 e. The minimum Gasteiger partial charge on any atom is -0.508 e. The molecule has 1 aromatic carbocycles. The molecule has 0 aliphatic carbocycles. The minimum absolute atomic E-state index is 0.174. The molecule has 0 spiro atoms. The van der Waals surface area contributed by atoms with Gasteiger partial charge in [0.25, 0.3) is 0 Å². The Morgan fingerprint density at radius 3 is 2.97 bits per heavy atom. The Morgan fingerprint density at radius 1 is 1.32 bits per heavy atom. The van der Waals surface area contributed by atoms with Gasteiger partial charge in [-0.05, 0) is 61.2 Å². The quantitative estimate of drug-likeness (QED) is 0.296. The van der Waals surface area contributed by atoms with E-state index >= 15 is 0 Å². The SMILES string of the molecule is CCc1cc(O)ccc1N=C(N)c1cnn2cc(-c3ncccc3C)cc2c1NC1CCOC1. The molecule has 0 radical (unpaired) electrons. The third-order valence-corrected chi connectivity index (χ3v) is 6.16. The molecule has 4 heterocycles. The number of nitrogens with one attached hydrogen (secondary N) is 1. The van der Waals surface area contributed by atoms with E-state index in [-0.39, 0.29) is 11.8 Å². The van der Waals surface area contributed by atoms with Crippen molar-refractivity contribution < 1.29 is 9.84 Å². The van der Waals surface area contributed by atoms with E-state index in [1.807, 2.05) is 36.7 Å². The van der Waals surface area contributed by atoms with Crippen molar-refractivity contribution in [2.75, 3.05) is 18.5 Å². The maximum Gasteiger partial charge on any atom is 0.135 e. The number of aromatic hydroxyl groups is 1. The Balaban J connectivity index is 1.64. The number of aliphatic imine (C=N–C) groups is 1. The van der Waals surface area contributed by atoms with Crippen LogP contribution in [-0.4, -0.2) is 44.8 Å². The fraction of sp³-hybridized carbons (Fsp3) is 0.269. The first kappa shape index (κ1) is 21.9. The maximum absolute atomic E-state index is 9.84. The van der Waals surface area contributed by atoms with Gasteiger partial charge >= 0.3 is 0 Å². The number of nitrogens with two attached hydrogens (primary N) is 1. The largest absolute Gasteiger partial charge is 0.508 e. The van der Waals surface area contributed by atoms with Gasteiger partial charge in [-0.15, -0.1) is 0 Å². The molecular weight excluding hydrogens is 428 g/mol. The predicted molar refractivity (Wildman–Crippen MR) is 134 cm³/mol. The summed E-state index contributed by atoms with van der Waals surface area (Å²) in [6.45, 7) is 5.43. The van der Waals surface area contributed by atoms with Crippen molar-refractivity contribution in [1.29, 1.82) is 0 Å². The topological polar surface area (TPSA) is 110 Å². The van der Waals surface area contributed by atoms with Crippen LogP contribution < -0.4 is 11.1 Å². The molecule has 1 atom stereocenters. The molecule has 5 rings (SSSR count). The van der Waals surface area contributed by atoms with Gasteiger partial charge < -0.3 is 20.9 Å². The molecule has 34 heavy (non-hydrogen) atoms. The number of aryl methyl sites for hydroxylation is 2. The summed E-state index contributed by atoms with van der Waals surface area (Å²) in [5.41, 5.74) is 13.7. The highest BCUT2D eigenvalue weighted by molar-refractivity contribution is 6.06. The van der Waals surface area contributed by atoms with E-state index < -0.39 is 0 Å². The number of anilines is 1. The third kappa shape index (κ3) is 4.20. The van der Waals surface area contributed by atoms with Crippen molar-refractivity contribution in [2.24, 2.45) is 10.7 Å². The van der Waals surface area contributed by atoms with Gasteiger partial charge in [0.1, 0.15) is 11.6 Å². The van der Waals surface area contributed by atoms with E-state index in [0.717, 1.165) is 64.3 Å². The molecule has 1 aliphatic heterocycles. The van der Waals surface area contributed by atoms with Crippen LogP contribution in [0.15, 0.2) is 60.0 Å². The lowest BCUT2D eigenvalue weighted by atomic mass is 10.1. The van der Waals surface area contributed by atoms with Gasteiger partial charge in [-0.3, -0.25) is 4.98 Å². The summed E-state index contributed by atoms with van der Waals surface area (Å²) in [6.07, 6.45) is 7.16. The number of amidine groups is 1. The van der Waals surface area contributed by atoms with Crippen LogP contribution in [0.25, 0.3) is 16.8 Å². The highest BCUT2D eigenvalue weighted by Crippen LogP contribution is 2.31. The predicted octanol–water partition coefficient (Wildman–Crippen LogP) is 4.21. The van der Waals surface area contributed by atoms with Crippen LogP contribution in [0, 0.1) is 6.92 Å². The van der Waals surface area contributed by atoms with E-state index in [1.54, 1.807) is 30.6 Å². The first-order valence-corrected chi connectivity index (χ1v) is 11.5.